The maximum atomic E-state index is 14.5. The number of hydrogen-bond acceptors (Lipinski definition) is 7. The van der Waals surface area contributed by atoms with Crippen LogP contribution in [0.1, 0.15) is 34.1 Å². The van der Waals surface area contributed by atoms with Gasteiger partial charge in [0, 0.05) is 24.0 Å². The predicted octanol–water partition coefficient (Wildman–Crippen LogP) is 1.98. The summed E-state index contributed by atoms with van der Waals surface area (Å²) < 4.78 is 39.5. The van der Waals surface area contributed by atoms with E-state index in [-0.39, 0.29) is 23.6 Å². The third-order valence-corrected chi connectivity index (χ3v) is 8.04. The fraction of sp³-hybridized carbons (Fsp3) is 0.500. The van der Waals surface area contributed by atoms with Crippen molar-refractivity contribution in [3.63, 3.8) is 0 Å². The number of piperidine rings is 1. The summed E-state index contributed by atoms with van der Waals surface area (Å²) in [4.78, 5) is 22.0. The van der Waals surface area contributed by atoms with Crippen LogP contribution in [0.3, 0.4) is 0 Å². The molecule has 4 rings (SSSR count). The second-order valence-electron chi connectivity index (χ2n) is 7.56. The minimum absolute atomic E-state index is 0.0217. The molecular formula is C18H22FN5O3S2. The van der Waals surface area contributed by atoms with Crippen molar-refractivity contribution in [3.05, 3.63) is 28.0 Å². The number of anilines is 1. The Kier molecular flexibility index (Phi) is 5.07. The molecule has 8 nitrogen and oxygen atoms in total. The van der Waals surface area contributed by atoms with Crippen LogP contribution in [0.25, 0.3) is 10.6 Å². The molecule has 0 saturated carbocycles. The fourth-order valence-corrected chi connectivity index (χ4v) is 6.03. The number of nitrogens with one attached hydrogen (secondary N) is 2. The Balaban J connectivity index is 1.57. The summed E-state index contributed by atoms with van der Waals surface area (Å²) in [7, 11) is -3.22. The van der Waals surface area contributed by atoms with Crippen molar-refractivity contribution in [2.45, 2.75) is 32.9 Å². The first-order chi connectivity index (χ1) is 13.6. The Morgan fingerprint density at radius 3 is 2.83 bits per heavy atom. The van der Waals surface area contributed by atoms with E-state index in [1.807, 2.05) is 6.92 Å². The van der Waals surface area contributed by atoms with Gasteiger partial charge in [0.05, 0.1) is 29.4 Å². The smallest absolute Gasteiger partial charge is 0.253 e. The zero-order valence-corrected chi connectivity index (χ0v) is 18.0. The highest BCUT2D eigenvalue weighted by molar-refractivity contribution is 7.88. The molecule has 1 saturated heterocycles. The molecule has 2 aromatic rings. The molecule has 29 heavy (non-hydrogen) atoms. The van der Waals surface area contributed by atoms with Crippen molar-refractivity contribution >= 4 is 33.2 Å². The molecular weight excluding hydrogens is 417 g/mol. The Labute approximate surface area is 172 Å². The quantitative estimate of drug-likeness (QED) is 0.755. The van der Waals surface area contributed by atoms with E-state index in [1.54, 1.807) is 6.92 Å². The third-order valence-electron chi connectivity index (χ3n) is 5.47. The lowest BCUT2D eigenvalue weighted by Gasteiger charge is -2.35. The summed E-state index contributed by atoms with van der Waals surface area (Å²) in [6.07, 6.45) is 2.95. The van der Waals surface area contributed by atoms with Gasteiger partial charge in [0.1, 0.15) is 5.69 Å². The maximum Gasteiger partial charge on any atom is 0.253 e. The maximum absolute atomic E-state index is 14.5. The molecule has 2 atom stereocenters. The summed E-state index contributed by atoms with van der Waals surface area (Å²) in [5, 5.41) is 6.00. The topological polar surface area (TPSA) is 104 Å². The monoisotopic (exact) mass is 439 g/mol. The molecule has 2 N–H and O–H groups in total. The second kappa shape index (κ2) is 7.29. The Morgan fingerprint density at radius 1 is 1.41 bits per heavy atom. The van der Waals surface area contributed by atoms with E-state index in [4.69, 9.17) is 0 Å². The van der Waals surface area contributed by atoms with Gasteiger partial charge in [0.25, 0.3) is 5.91 Å². The van der Waals surface area contributed by atoms with Crippen LogP contribution in [-0.2, 0) is 16.6 Å². The zero-order chi connectivity index (χ0) is 20.9. The highest BCUT2D eigenvalue weighted by Gasteiger charge is 2.32. The normalized spacial score (nSPS) is 22.4. The molecule has 0 aliphatic carbocycles. The Hall–Kier alpha value is -2.11. The molecule has 4 heterocycles. The van der Waals surface area contributed by atoms with Crippen LogP contribution in [-0.4, -0.2) is 54.0 Å². The first-order valence-corrected chi connectivity index (χ1v) is 12.0. The van der Waals surface area contributed by atoms with Gasteiger partial charge in [-0.15, -0.1) is 11.3 Å². The third kappa shape index (κ3) is 3.74. The molecule has 0 spiro atoms. The van der Waals surface area contributed by atoms with E-state index in [0.29, 0.717) is 42.4 Å². The van der Waals surface area contributed by atoms with Gasteiger partial charge in [-0.25, -0.2) is 27.1 Å². The largest absolute Gasteiger partial charge is 0.351 e. The first-order valence-electron chi connectivity index (χ1n) is 9.30. The van der Waals surface area contributed by atoms with E-state index in [9.17, 15) is 17.6 Å². The number of carbonyl (C=O) groups excluding carboxylic acids is 1. The van der Waals surface area contributed by atoms with Crippen molar-refractivity contribution in [1.82, 2.24) is 19.6 Å². The van der Waals surface area contributed by atoms with Crippen LogP contribution in [0, 0.1) is 18.7 Å². The zero-order valence-electron chi connectivity index (χ0n) is 16.3. The molecule has 11 heteroatoms. The average molecular weight is 440 g/mol. The number of nitrogens with zero attached hydrogens (tertiary/aromatic N) is 3. The summed E-state index contributed by atoms with van der Waals surface area (Å²) in [6, 6.07) is -0.0217. The number of aromatic nitrogens is 2. The highest BCUT2D eigenvalue weighted by Crippen LogP contribution is 2.38. The highest BCUT2D eigenvalue weighted by atomic mass is 32.2. The summed E-state index contributed by atoms with van der Waals surface area (Å²) in [5.74, 6) is -0.340. The number of carbonyl (C=O) groups is 1. The molecule has 2 aliphatic heterocycles. The number of amides is 1. The molecule has 1 fully saturated rings. The molecule has 0 bridgehead atoms. The van der Waals surface area contributed by atoms with Crippen molar-refractivity contribution in [3.8, 4) is 10.6 Å². The van der Waals surface area contributed by atoms with Crippen LogP contribution in [0.4, 0.5) is 10.3 Å². The van der Waals surface area contributed by atoms with E-state index in [2.05, 4.69) is 20.6 Å². The van der Waals surface area contributed by atoms with Crippen LogP contribution in [0.5, 0.6) is 0 Å². The van der Waals surface area contributed by atoms with Crippen molar-refractivity contribution in [2.24, 2.45) is 5.92 Å². The number of sulfonamides is 1. The van der Waals surface area contributed by atoms with Crippen molar-refractivity contribution in [2.75, 3.05) is 24.7 Å². The molecule has 2 aromatic heterocycles. The summed E-state index contributed by atoms with van der Waals surface area (Å²) in [5.41, 5.74) is 1.51. The molecule has 1 amide bonds. The van der Waals surface area contributed by atoms with E-state index < -0.39 is 15.8 Å². The minimum atomic E-state index is -3.22. The van der Waals surface area contributed by atoms with Gasteiger partial charge in [-0.2, -0.15) is 0 Å². The van der Waals surface area contributed by atoms with Gasteiger partial charge in [0.2, 0.25) is 16.0 Å². The average Bonchev–Trinajstić information content (AvgIpc) is 3.17. The van der Waals surface area contributed by atoms with E-state index in [1.165, 1.54) is 21.9 Å². The van der Waals surface area contributed by atoms with Gasteiger partial charge < -0.3 is 10.6 Å². The van der Waals surface area contributed by atoms with Crippen molar-refractivity contribution < 1.29 is 17.6 Å². The van der Waals surface area contributed by atoms with Gasteiger partial charge in [0.15, 0.2) is 5.82 Å². The van der Waals surface area contributed by atoms with Crippen LogP contribution < -0.4 is 10.6 Å². The van der Waals surface area contributed by atoms with Crippen LogP contribution >= 0.6 is 11.3 Å². The van der Waals surface area contributed by atoms with Crippen molar-refractivity contribution in [1.29, 1.82) is 0 Å². The number of thiophene rings is 1. The Morgan fingerprint density at radius 2 is 2.17 bits per heavy atom. The van der Waals surface area contributed by atoms with Gasteiger partial charge in [-0.05, 0) is 24.8 Å². The van der Waals surface area contributed by atoms with E-state index >= 15 is 0 Å². The standard InChI is InChI=1S/C18H22FN5O3S2/c1-9-8-24(29(3,26)27)5-4-12(9)22-18-21-6-11(19)15(23-18)16-10(2)14-13(28-16)7-20-17(14)25/h6,9,12H,4-5,7-8H2,1-3H3,(H,20,25)(H,21,22,23)/t9-,12+/m1/s1. The number of rotatable bonds is 4. The van der Waals surface area contributed by atoms with Crippen LogP contribution in [0.2, 0.25) is 0 Å². The second-order valence-corrected chi connectivity index (χ2v) is 10.7. The fourth-order valence-electron chi connectivity index (χ4n) is 3.85. The Bertz CT molecular complexity index is 1090. The first kappa shape index (κ1) is 20.2. The molecule has 2 aliphatic rings. The lowest BCUT2D eigenvalue weighted by atomic mass is 9.95. The van der Waals surface area contributed by atoms with Gasteiger partial charge in [-0.3, -0.25) is 4.79 Å². The molecule has 0 unspecified atom stereocenters. The van der Waals surface area contributed by atoms with Gasteiger partial charge in [-0.1, -0.05) is 6.92 Å². The molecule has 0 aromatic carbocycles. The number of fused-ring (bicyclic) bond motifs is 1. The van der Waals surface area contributed by atoms with Crippen LogP contribution in [0.15, 0.2) is 6.20 Å². The predicted molar refractivity (Wildman–Crippen MR) is 109 cm³/mol. The summed E-state index contributed by atoms with van der Waals surface area (Å²) >= 11 is 1.36. The SMILES string of the molecule is Cc1c(-c2nc(N[C@H]3CCN(S(C)(=O)=O)C[C@H]3C)ncc2F)sc2c1C(=O)NC2. The lowest BCUT2D eigenvalue weighted by Crippen LogP contribution is -2.47. The number of hydrogen-bond donors (Lipinski definition) is 2. The van der Waals surface area contributed by atoms with E-state index in [0.717, 1.165) is 16.6 Å². The molecule has 156 valence electrons. The lowest BCUT2D eigenvalue weighted by molar-refractivity contribution is 0.0965. The van der Waals surface area contributed by atoms with Gasteiger partial charge >= 0.3 is 0 Å². The summed E-state index contributed by atoms with van der Waals surface area (Å²) in [6.45, 7) is 5.05. The molecule has 0 radical (unpaired) electrons. The number of halogens is 1. The minimum Gasteiger partial charge on any atom is -0.351 e.